The van der Waals surface area contributed by atoms with Crippen molar-refractivity contribution in [2.75, 3.05) is 13.7 Å². The molecule has 1 aliphatic rings. The number of hydrogen-bond donors (Lipinski definition) is 1. The Morgan fingerprint density at radius 3 is 2.72 bits per heavy atom. The summed E-state index contributed by atoms with van der Waals surface area (Å²) in [5, 5.41) is 3.97. The van der Waals surface area contributed by atoms with Crippen LogP contribution in [0.3, 0.4) is 0 Å². The zero-order valence-corrected chi connectivity index (χ0v) is 11.3. The van der Waals surface area contributed by atoms with Gasteiger partial charge in [0.05, 0.1) is 0 Å². The lowest BCUT2D eigenvalue weighted by Crippen LogP contribution is -2.35. The smallest absolute Gasteiger partial charge is 0.227 e. The summed E-state index contributed by atoms with van der Waals surface area (Å²) >= 11 is 0. The molecular weight excluding hydrogens is 230 g/mol. The molecule has 0 radical (unpaired) electrons. The van der Waals surface area contributed by atoms with E-state index in [1.165, 1.54) is 32.1 Å². The molecule has 0 amide bonds. The average molecular weight is 253 g/mol. The van der Waals surface area contributed by atoms with E-state index in [2.05, 4.69) is 10.1 Å². The maximum atomic E-state index is 5.96. The molecule has 2 N–H and O–H groups in total. The van der Waals surface area contributed by atoms with Crippen molar-refractivity contribution in [3.8, 4) is 0 Å². The van der Waals surface area contributed by atoms with Crippen LogP contribution >= 0.6 is 0 Å². The normalized spacial score (nSPS) is 20.8. The Morgan fingerprint density at radius 1 is 1.39 bits per heavy atom. The molecule has 2 rings (SSSR count). The maximum absolute atomic E-state index is 5.96. The molecule has 1 fully saturated rings. The van der Waals surface area contributed by atoms with Crippen LogP contribution in [0.2, 0.25) is 0 Å². The first-order valence-electron chi connectivity index (χ1n) is 6.74. The Morgan fingerprint density at radius 2 is 2.11 bits per heavy atom. The van der Waals surface area contributed by atoms with Gasteiger partial charge in [0.2, 0.25) is 5.89 Å². The molecule has 1 aromatic rings. The van der Waals surface area contributed by atoms with Gasteiger partial charge in [0.1, 0.15) is 6.10 Å². The van der Waals surface area contributed by atoms with E-state index in [0.717, 1.165) is 6.42 Å². The molecule has 0 aromatic carbocycles. The number of nitrogens with zero attached hydrogens (tertiary/aromatic N) is 2. The van der Waals surface area contributed by atoms with Gasteiger partial charge in [0.15, 0.2) is 5.82 Å². The van der Waals surface area contributed by atoms with Crippen molar-refractivity contribution in [3.63, 3.8) is 0 Å². The Hall–Kier alpha value is -0.940. The SMILES string of the molecule is COC(C)c1noc(CC2(CN)CCCCC2)n1. The first-order chi connectivity index (χ1) is 8.69. The van der Waals surface area contributed by atoms with E-state index in [9.17, 15) is 0 Å². The molecule has 5 heteroatoms. The summed E-state index contributed by atoms with van der Waals surface area (Å²) in [6.07, 6.45) is 6.84. The molecule has 1 aromatic heterocycles. The summed E-state index contributed by atoms with van der Waals surface area (Å²) in [5.41, 5.74) is 6.13. The molecule has 1 heterocycles. The lowest BCUT2D eigenvalue weighted by atomic mass is 9.72. The molecule has 0 spiro atoms. The van der Waals surface area contributed by atoms with Crippen molar-refractivity contribution < 1.29 is 9.26 Å². The van der Waals surface area contributed by atoms with E-state index in [1.807, 2.05) is 6.92 Å². The minimum Gasteiger partial charge on any atom is -0.374 e. The van der Waals surface area contributed by atoms with Gasteiger partial charge in [-0.25, -0.2) is 0 Å². The number of nitrogens with two attached hydrogens (primary N) is 1. The fourth-order valence-electron chi connectivity index (χ4n) is 2.69. The molecule has 1 aliphatic carbocycles. The molecule has 0 bridgehead atoms. The standard InChI is InChI=1S/C13H23N3O2/c1-10(17-2)12-15-11(18-16-12)8-13(9-14)6-4-3-5-7-13/h10H,3-9,14H2,1-2H3. The molecule has 5 nitrogen and oxygen atoms in total. The molecule has 0 saturated heterocycles. The first kappa shape index (κ1) is 13.5. The zero-order chi connectivity index (χ0) is 13.0. The zero-order valence-electron chi connectivity index (χ0n) is 11.3. The predicted molar refractivity (Wildman–Crippen MR) is 68.0 cm³/mol. The van der Waals surface area contributed by atoms with Crippen molar-refractivity contribution in [1.29, 1.82) is 0 Å². The summed E-state index contributed by atoms with van der Waals surface area (Å²) in [6, 6.07) is 0. The van der Waals surface area contributed by atoms with Gasteiger partial charge in [-0.15, -0.1) is 0 Å². The first-order valence-corrected chi connectivity index (χ1v) is 6.74. The number of rotatable bonds is 5. The van der Waals surface area contributed by atoms with Gasteiger partial charge >= 0.3 is 0 Å². The third-order valence-electron chi connectivity index (χ3n) is 4.07. The summed E-state index contributed by atoms with van der Waals surface area (Å²) in [5.74, 6) is 1.32. The topological polar surface area (TPSA) is 74.2 Å². The van der Waals surface area contributed by atoms with Crippen LogP contribution in [0.4, 0.5) is 0 Å². The third-order valence-corrected chi connectivity index (χ3v) is 4.07. The summed E-state index contributed by atoms with van der Waals surface area (Å²) in [4.78, 5) is 4.41. The average Bonchev–Trinajstić information content (AvgIpc) is 2.87. The lowest BCUT2D eigenvalue weighted by molar-refractivity contribution is 0.109. The summed E-state index contributed by atoms with van der Waals surface area (Å²) < 4.78 is 10.5. The van der Waals surface area contributed by atoms with Gasteiger partial charge < -0.3 is 15.0 Å². The van der Waals surface area contributed by atoms with Crippen LogP contribution in [0.1, 0.15) is 56.8 Å². The Labute approximate surface area is 108 Å². The van der Waals surface area contributed by atoms with E-state index in [4.69, 9.17) is 15.0 Å². The van der Waals surface area contributed by atoms with E-state index in [1.54, 1.807) is 7.11 Å². The van der Waals surface area contributed by atoms with Crippen molar-refractivity contribution >= 4 is 0 Å². The fourth-order valence-corrected chi connectivity index (χ4v) is 2.69. The van der Waals surface area contributed by atoms with Crippen LogP contribution in [0.25, 0.3) is 0 Å². The van der Waals surface area contributed by atoms with E-state index in [0.29, 0.717) is 18.3 Å². The highest BCUT2D eigenvalue weighted by atomic mass is 16.5. The monoisotopic (exact) mass is 253 g/mol. The molecule has 1 unspecified atom stereocenters. The quantitative estimate of drug-likeness (QED) is 0.871. The van der Waals surface area contributed by atoms with Crippen LogP contribution in [-0.2, 0) is 11.2 Å². The van der Waals surface area contributed by atoms with Crippen molar-refractivity contribution in [3.05, 3.63) is 11.7 Å². The van der Waals surface area contributed by atoms with E-state index in [-0.39, 0.29) is 11.5 Å². The molecule has 1 saturated carbocycles. The van der Waals surface area contributed by atoms with Crippen molar-refractivity contribution in [2.45, 2.75) is 51.6 Å². The van der Waals surface area contributed by atoms with Crippen LogP contribution in [0.5, 0.6) is 0 Å². The van der Waals surface area contributed by atoms with Crippen LogP contribution in [-0.4, -0.2) is 23.8 Å². The highest BCUT2D eigenvalue weighted by Gasteiger charge is 2.33. The third kappa shape index (κ3) is 2.90. The minimum atomic E-state index is -0.123. The van der Waals surface area contributed by atoms with Gasteiger partial charge in [-0.05, 0) is 31.7 Å². The Kier molecular flexibility index (Phi) is 4.35. The largest absolute Gasteiger partial charge is 0.374 e. The second-order valence-electron chi connectivity index (χ2n) is 5.37. The van der Waals surface area contributed by atoms with Crippen molar-refractivity contribution in [2.24, 2.45) is 11.1 Å². The van der Waals surface area contributed by atoms with Crippen molar-refractivity contribution in [1.82, 2.24) is 10.1 Å². The predicted octanol–water partition coefficient (Wildman–Crippen LogP) is 2.23. The number of ether oxygens (including phenoxy) is 1. The van der Waals surface area contributed by atoms with Gasteiger partial charge in [0, 0.05) is 13.5 Å². The number of aromatic nitrogens is 2. The lowest BCUT2D eigenvalue weighted by Gasteiger charge is -2.34. The van der Waals surface area contributed by atoms with E-state index >= 15 is 0 Å². The van der Waals surface area contributed by atoms with Crippen LogP contribution in [0, 0.1) is 5.41 Å². The molecule has 18 heavy (non-hydrogen) atoms. The van der Waals surface area contributed by atoms with Crippen LogP contribution in [0.15, 0.2) is 4.52 Å². The highest BCUT2D eigenvalue weighted by molar-refractivity contribution is 4.96. The van der Waals surface area contributed by atoms with Gasteiger partial charge in [0.25, 0.3) is 0 Å². The van der Waals surface area contributed by atoms with E-state index < -0.39 is 0 Å². The Bertz CT molecular complexity index is 372. The fraction of sp³-hybridized carbons (Fsp3) is 0.846. The van der Waals surface area contributed by atoms with Gasteiger partial charge in [-0.2, -0.15) is 4.98 Å². The number of methoxy groups -OCH3 is 1. The molecule has 1 atom stereocenters. The van der Waals surface area contributed by atoms with Gasteiger partial charge in [-0.3, -0.25) is 0 Å². The maximum Gasteiger partial charge on any atom is 0.227 e. The number of hydrogen-bond acceptors (Lipinski definition) is 5. The molecule has 0 aliphatic heterocycles. The van der Waals surface area contributed by atoms with Gasteiger partial charge in [-0.1, -0.05) is 24.4 Å². The Balaban J connectivity index is 2.05. The molecular formula is C13H23N3O2. The van der Waals surface area contributed by atoms with Crippen LogP contribution < -0.4 is 5.73 Å². The summed E-state index contributed by atoms with van der Waals surface area (Å²) in [7, 11) is 1.64. The molecule has 102 valence electrons. The minimum absolute atomic E-state index is 0.123. The summed E-state index contributed by atoms with van der Waals surface area (Å²) in [6.45, 7) is 2.61. The highest BCUT2D eigenvalue weighted by Crippen LogP contribution is 2.38. The second-order valence-corrected chi connectivity index (χ2v) is 5.37. The second kappa shape index (κ2) is 5.80.